The molecule has 0 aliphatic carbocycles. The maximum Gasteiger partial charge on any atom is 0.243 e. The molecule has 0 aromatic heterocycles. The zero-order valence-electron chi connectivity index (χ0n) is 16.5. The minimum atomic E-state index is -3.70. The SMILES string of the molecule is Cc1ccc(S(=O)(=O)N2CC(C)N(S(=O)(=O)c3ccc(C)cc3)C(C)C2)cc1. The summed E-state index contributed by atoms with van der Waals surface area (Å²) >= 11 is 0. The van der Waals surface area contributed by atoms with Gasteiger partial charge in [0.05, 0.1) is 9.79 Å². The van der Waals surface area contributed by atoms with Gasteiger partial charge in [-0.1, -0.05) is 35.4 Å². The van der Waals surface area contributed by atoms with Crippen LogP contribution in [0.5, 0.6) is 0 Å². The number of sulfonamides is 2. The van der Waals surface area contributed by atoms with Crippen molar-refractivity contribution in [3.63, 3.8) is 0 Å². The third kappa shape index (κ3) is 3.87. The van der Waals surface area contributed by atoms with Crippen molar-refractivity contribution in [1.29, 1.82) is 0 Å². The van der Waals surface area contributed by atoms with Gasteiger partial charge in [-0.05, 0) is 52.0 Å². The summed E-state index contributed by atoms with van der Waals surface area (Å²) in [7, 11) is -7.38. The van der Waals surface area contributed by atoms with Crippen LogP contribution in [0.4, 0.5) is 0 Å². The zero-order valence-corrected chi connectivity index (χ0v) is 18.2. The molecule has 0 saturated carbocycles. The summed E-state index contributed by atoms with van der Waals surface area (Å²) < 4.78 is 55.1. The molecule has 3 rings (SSSR count). The lowest BCUT2D eigenvalue weighted by Crippen LogP contribution is -2.59. The number of benzene rings is 2. The van der Waals surface area contributed by atoms with Crippen LogP contribution in [0, 0.1) is 13.8 Å². The van der Waals surface area contributed by atoms with Gasteiger partial charge in [0.15, 0.2) is 0 Å². The molecule has 1 heterocycles. The maximum absolute atomic E-state index is 13.1. The normalized spacial score (nSPS) is 22.3. The second-order valence-corrected chi connectivity index (χ2v) is 11.3. The lowest BCUT2D eigenvalue weighted by molar-refractivity contribution is 0.159. The molecule has 6 nitrogen and oxygen atoms in total. The highest BCUT2D eigenvalue weighted by atomic mass is 32.2. The highest BCUT2D eigenvalue weighted by Crippen LogP contribution is 2.28. The molecule has 28 heavy (non-hydrogen) atoms. The number of aryl methyl sites for hydroxylation is 2. The van der Waals surface area contributed by atoms with E-state index in [4.69, 9.17) is 0 Å². The van der Waals surface area contributed by atoms with Crippen molar-refractivity contribution in [2.75, 3.05) is 13.1 Å². The Morgan fingerprint density at radius 1 is 0.679 bits per heavy atom. The molecule has 0 spiro atoms. The molecule has 152 valence electrons. The van der Waals surface area contributed by atoms with Gasteiger partial charge < -0.3 is 0 Å². The molecule has 0 amide bonds. The van der Waals surface area contributed by atoms with E-state index >= 15 is 0 Å². The summed E-state index contributed by atoms with van der Waals surface area (Å²) in [6, 6.07) is 12.5. The topological polar surface area (TPSA) is 74.8 Å². The van der Waals surface area contributed by atoms with Gasteiger partial charge in [0.25, 0.3) is 0 Å². The van der Waals surface area contributed by atoms with Gasteiger partial charge in [-0.3, -0.25) is 0 Å². The van der Waals surface area contributed by atoms with Crippen molar-refractivity contribution in [1.82, 2.24) is 8.61 Å². The minimum absolute atomic E-state index is 0.117. The van der Waals surface area contributed by atoms with E-state index in [9.17, 15) is 16.8 Å². The summed E-state index contributed by atoms with van der Waals surface area (Å²) in [6.45, 7) is 7.53. The van der Waals surface area contributed by atoms with Crippen molar-refractivity contribution < 1.29 is 16.8 Å². The molecule has 8 heteroatoms. The third-order valence-electron chi connectivity index (χ3n) is 5.06. The summed E-state index contributed by atoms with van der Waals surface area (Å²) in [6.07, 6.45) is 0. The molecule has 0 N–H and O–H groups in total. The number of nitrogens with zero attached hydrogens (tertiary/aromatic N) is 2. The fraction of sp³-hybridized carbons (Fsp3) is 0.400. The van der Waals surface area contributed by atoms with Gasteiger partial charge in [-0.15, -0.1) is 0 Å². The first-order valence-corrected chi connectivity index (χ1v) is 12.1. The van der Waals surface area contributed by atoms with Gasteiger partial charge in [0, 0.05) is 25.2 Å². The molecule has 2 atom stereocenters. The van der Waals surface area contributed by atoms with E-state index in [0.29, 0.717) is 0 Å². The minimum Gasteiger partial charge on any atom is -0.207 e. The molecule has 2 unspecified atom stereocenters. The van der Waals surface area contributed by atoms with E-state index in [1.54, 1.807) is 62.4 Å². The maximum atomic E-state index is 13.1. The van der Waals surface area contributed by atoms with Crippen LogP contribution in [0.2, 0.25) is 0 Å². The van der Waals surface area contributed by atoms with Crippen molar-refractivity contribution in [2.24, 2.45) is 0 Å². The summed E-state index contributed by atoms with van der Waals surface area (Å²) in [5.74, 6) is 0. The van der Waals surface area contributed by atoms with E-state index < -0.39 is 32.1 Å². The largest absolute Gasteiger partial charge is 0.243 e. The smallest absolute Gasteiger partial charge is 0.207 e. The molecule has 0 bridgehead atoms. The van der Waals surface area contributed by atoms with Gasteiger partial charge in [-0.2, -0.15) is 8.61 Å². The van der Waals surface area contributed by atoms with E-state index in [1.807, 2.05) is 13.8 Å². The van der Waals surface area contributed by atoms with Crippen LogP contribution in [0.25, 0.3) is 0 Å². The van der Waals surface area contributed by atoms with E-state index in [2.05, 4.69) is 0 Å². The van der Waals surface area contributed by atoms with Gasteiger partial charge in [0.1, 0.15) is 0 Å². The fourth-order valence-corrected chi connectivity index (χ4v) is 7.03. The Hall–Kier alpha value is -1.74. The Balaban J connectivity index is 1.88. The summed E-state index contributed by atoms with van der Waals surface area (Å²) in [4.78, 5) is 0.457. The second-order valence-electron chi connectivity index (χ2n) is 7.48. The van der Waals surface area contributed by atoms with Gasteiger partial charge in [0.2, 0.25) is 20.0 Å². The standard InChI is InChI=1S/C20H26N2O4S2/c1-15-5-9-19(10-6-15)27(23,24)21-13-17(3)22(18(4)14-21)28(25,26)20-11-7-16(2)8-12-20/h5-12,17-18H,13-14H2,1-4H3. The first-order valence-electron chi connectivity index (χ1n) is 9.20. The molecule has 0 radical (unpaired) electrons. The van der Waals surface area contributed by atoms with Crippen molar-refractivity contribution in [3.05, 3.63) is 59.7 Å². The van der Waals surface area contributed by atoms with Crippen LogP contribution in [-0.4, -0.2) is 50.6 Å². The Bertz CT molecular complexity index is 1030. The number of rotatable bonds is 4. The first kappa shape index (κ1) is 21.0. The highest BCUT2D eigenvalue weighted by molar-refractivity contribution is 7.89. The fourth-order valence-electron chi connectivity index (χ4n) is 3.62. The molecule has 1 saturated heterocycles. The average Bonchev–Trinajstić information content (AvgIpc) is 2.61. The van der Waals surface area contributed by atoms with Gasteiger partial charge in [-0.25, -0.2) is 16.8 Å². The Morgan fingerprint density at radius 3 is 1.43 bits per heavy atom. The predicted molar refractivity (Wildman–Crippen MR) is 109 cm³/mol. The third-order valence-corrected chi connectivity index (χ3v) is 9.05. The van der Waals surface area contributed by atoms with Crippen LogP contribution in [0.1, 0.15) is 25.0 Å². The van der Waals surface area contributed by atoms with Crippen LogP contribution in [0.15, 0.2) is 58.3 Å². The Morgan fingerprint density at radius 2 is 1.04 bits per heavy atom. The Kier molecular flexibility index (Phi) is 5.69. The van der Waals surface area contributed by atoms with Crippen molar-refractivity contribution >= 4 is 20.0 Å². The monoisotopic (exact) mass is 422 g/mol. The lowest BCUT2D eigenvalue weighted by atomic mass is 10.2. The van der Waals surface area contributed by atoms with E-state index in [-0.39, 0.29) is 22.9 Å². The average molecular weight is 423 g/mol. The second kappa shape index (κ2) is 7.59. The quantitative estimate of drug-likeness (QED) is 0.759. The predicted octanol–water partition coefficient (Wildman–Crippen LogP) is 2.78. The molecule has 1 aliphatic heterocycles. The molecule has 2 aromatic rings. The van der Waals surface area contributed by atoms with Crippen LogP contribution >= 0.6 is 0 Å². The van der Waals surface area contributed by atoms with Gasteiger partial charge >= 0.3 is 0 Å². The molecule has 2 aromatic carbocycles. The first-order chi connectivity index (χ1) is 13.0. The molecular formula is C20H26N2O4S2. The van der Waals surface area contributed by atoms with E-state index in [1.165, 1.54) is 8.61 Å². The van der Waals surface area contributed by atoms with Crippen molar-refractivity contribution in [2.45, 2.75) is 49.6 Å². The van der Waals surface area contributed by atoms with Crippen LogP contribution in [0.3, 0.4) is 0 Å². The summed E-state index contributed by atoms with van der Waals surface area (Å²) in [5.41, 5.74) is 1.96. The van der Waals surface area contributed by atoms with E-state index in [0.717, 1.165) is 11.1 Å². The highest BCUT2D eigenvalue weighted by Gasteiger charge is 2.42. The molecule has 1 aliphatic rings. The lowest BCUT2D eigenvalue weighted by Gasteiger charge is -2.42. The zero-order chi connectivity index (χ0) is 20.7. The number of hydrogen-bond donors (Lipinski definition) is 0. The van der Waals surface area contributed by atoms with Crippen molar-refractivity contribution in [3.8, 4) is 0 Å². The van der Waals surface area contributed by atoms with Crippen LogP contribution in [-0.2, 0) is 20.0 Å². The Labute approximate surface area is 167 Å². The van der Waals surface area contributed by atoms with Crippen LogP contribution < -0.4 is 0 Å². The summed E-state index contributed by atoms with van der Waals surface area (Å²) in [5, 5.41) is 0. The number of piperazine rings is 1. The number of hydrogen-bond acceptors (Lipinski definition) is 4. The molecule has 1 fully saturated rings. The molecular weight excluding hydrogens is 396 g/mol.